The Morgan fingerprint density at radius 1 is 1.10 bits per heavy atom. The van der Waals surface area contributed by atoms with Crippen molar-refractivity contribution in [3.8, 4) is 0 Å². The Kier molecular flexibility index (Phi) is 6.86. The van der Waals surface area contributed by atoms with Gasteiger partial charge in [-0.2, -0.15) is 0 Å². The molecule has 0 saturated carbocycles. The smallest absolute Gasteiger partial charge is 0.0423 e. The lowest BCUT2D eigenvalue weighted by atomic mass is 10.0. The Morgan fingerprint density at radius 3 is 2.48 bits per heavy atom. The molecule has 0 radical (unpaired) electrons. The topological polar surface area (TPSA) is 24.9 Å². The minimum atomic E-state index is 0.251. The van der Waals surface area contributed by atoms with Crippen LogP contribution in [0.3, 0.4) is 0 Å². The molecular weight excluding hydrogens is 460 g/mol. The van der Waals surface area contributed by atoms with Crippen molar-refractivity contribution >= 4 is 47.8 Å². The van der Waals surface area contributed by atoms with Gasteiger partial charge < -0.3 is 5.32 Å². The van der Waals surface area contributed by atoms with Crippen molar-refractivity contribution in [1.29, 1.82) is 0 Å². The summed E-state index contributed by atoms with van der Waals surface area (Å²) in [5, 5.41) is 3.61. The van der Waals surface area contributed by atoms with Crippen LogP contribution in [-0.2, 0) is 6.42 Å². The molecule has 0 aliphatic heterocycles. The second-order valence-electron chi connectivity index (χ2n) is 4.84. The number of aromatic nitrogens is 1. The summed E-state index contributed by atoms with van der Waals surface area (Å²) in [7, 11) is 0. The van der Waals surface area contributed by atoms with Gasteiger partial charge in [0.05, 0.1) is 0 Å². The molecule has 1 aromatic carbocycles. The van der Waals surface area contributed by atoms with Gasteiger partial charge in [-0.05, 0) is 58.7 Å². The molecule has 0 bridgehead atoms. The van der Waals surface area contributed by atoms with E-state index in [1.807, 2.05) is 12.3 Å². The zero-order valence-corrected chi connectivity index (χ0v) is 16.5. The molecule has 5 heteroatoms. The number of hydrogen-bond acceptors (Lipinski definition) is 2. The summed E-state index contributed by atoms with van der Waals surface area (Å²) in [6.07, 6.45) is 3.83. The SMILES string of the molecule is CCCNC(Cc1ccc(Br)cn1)c1ccc(Br)cc1Br. The minimum Gasteiger partial charge on any atom is -0.310 e. The number of benzene rings is 1. The number of halogens is 3. The summed E-state index contributed by atoms with van der Waals surface area (Å²) < 4.78 is 3.20. The summed E-state index contributed by atoms with van der Waals surface area (Å²) >= 11 is 10.6. The van der Waals surface area contributed by atoms with E-state index in [1.54, 1.807) is 0 Å². The number of hydrogen-bond donors (Lipinski definition) is 1. The molecule has 0 spiro atoms. The van der Waals surface area contributed by atoms with Crippen LogP contribution in [0, 0.1) is 0 Å². The molecule has 21 heavy (non-hydrogen) atoms. The first kappa shape index (κ1) is 17.1. The molecule has 1 N–H and O–H groups in total. The molecule has 0 aliphatic rings. The largest absolute Gasteiger partial charge is 0.310 e. The van der Waals surface area contributed by atoms with Gasteiger partial charge in [-0.15, -0.1) is 0 Å². The molecule has 2 aromatic rings. The fourth-order valence-corrected chi connectivity index (χ4v) is 3.69. The Balaban J connectivity index is 2.22. The van der Waals surface area contributed by atoms with Crippen LogP contribution in [0.25, 0.3) is 0 Å². The van der Waals surface area contributed by atoms with Crippen LogP contribution in [0.2, 0.25) is 0 Å². The molecule has 1 heterocycles. The number of nitrogens with zero attached hydrogens (tertiary/aromatic N) is 1. The molecule has 2 nitrogen and oxygen atoms in total. The van der Waals surface area contributed by atoms with Gasteiger partial charge in [0.25, 0.3) is 0 Å². The first-order valence-electron chi connectivity index (χ1n) is 6.89. The zero-order valence-electron chi connectivity index (χ0n) is 11.7. The van der Waals surface area contributed by atoms with Crippen LogP contribution < -0.4 is 5.32 Å². The molecule has 1 atom stereocenters. The highest BCUT2D eigenvalue weighted by Crippen LogP contribution is 2.29. The summed E-state index contributed by atoms with van der Waals surface area (Å²) in [6.45, 7) is 3.17. The lowest BCUT2D eigenvalue weighted by molar-refractivity contribution is 0.522. The average molecular weight is 477 g/mol. The number of rotatable bonds is 6. The Labute approximate surface area is 151 Å². The lowest BCUT2D eigenvalue weighted by Crippen LogP contribution is -2.24. The average Bonchev–Trinajstić information content (AvgIpc) is 2.46. The Morgan fingerprint density at radius 2 is 1.86 bits per heavy atom. The van der Waals surface area contributed by atoms with Gasteiger partial charge in [0.15, 0.2) is 0 Å². The van der Waals surface area contributed by atoms with Crippen LogP contribution >= 0.6 is 47.8 Å². The monoisotopic (exact) mass is 474 g/mol. The number of nitrogens with one attached hydrogen (secondary N) is 1. The van der Waals surface area contributed by atoms with E-state index < -0.39 is 0 Å². The highest BCUT2D eigenvalue weighted by atomic mass is 79.9. The van der Waals surface area contributed by atoms with Crippen molar-refractivity contribution in [2.75, 3.05) is 6.54 Å². The summed E-state index contributed by atoms with van der Waals surface area (Å²) in [6, 6.07) is 10.7. The van der Waals surface area contributed by atoms with Gasteiger partial charge in [0, 0.05) is 37.8 Å². The van der Waals surface area contributed by atoms with Crippen molar-refractivity contribution in [2.45, 2.75) is 25.8 Å². The second-order valence-corrected chi connectivity index (χ2v) is 7.53. The van der Waals surface area contributed by atoms with Crippen molar-refractivity contribution in [1.82, 2.24) is 10.3 Å². The van der Waals surface area contributed by atoms with Crippen LogP contribution in [0.1, 0.15) is 30.6 Å². The van der Waals surface area contributed by atoms with Gasteiger partial charge in [-0.1, -0.05) is 44.8 Å². The van der Waals surface area contributed by atoms with E-state index in [4.69, 9.17) is 0 Å². The first-order chi connectivity index (χ1) is 10.1. The van der Waals surface area contributed by atoms with Gasteiger partial charge in [-0.25, -0.2) is 0 Å². The zero-order chi connectivity index (χ0) is 15.2. The quantitative estimate of drug-likeness (QED) is 0.582. The molecule has 0 aliphatic carbocycles. The van der Waals surface area contributed by atoms with E-state index in [9.17, 15) is 0 Å². The number of pyridine rings is 1. The maximum atomic E-state index is 4.49. The third kappa shape index (κ3) is 5.16. The van der Waals surface area contributed by atoms with E-state index in [0.29, 0.717) is 0 Å². The Hall–Kier alpha value is -0.230. The molecule has 0 saturated heterocycles. The van der Waals surface area contributed by atoms with Crippen molar-refractivity contribution < 1.29 is 0 Å². The van der Waals surface area contributed by atoms with Crippen LogP contribution in [-0.4, -0.2) is 11.5 Å². The van der Waals surface area contributed by atoms with Crippen molar-refractivity contribution in [2.24, 2.45) is 0 Å². The van der Waals surface area contributed by atoms with Crippen molar-refractivity contribution in [3.05, 3.63) is 61.2 Å². The first-order valence-corrected chi connectivity index (χ1v) is 9.26. The summed E-state index contributed by atoms with van der Waals surface area (Å²) in [4.78, 5) is 4.49. The Bertz CT molecular complexity index is 585. The molecule has 1 aromatic heterocycles. The fourth-order valence-electron chi connectivity index (χ4n) is 2.13. The van der Waals surface area contributed by atoms with E-state index in [2.05, 4.69) is 89.3 Å². The highest BCUT2D eigenvalue weighted by Gasteiger charge is 2.15. The molecule has 112 valence electrons. The van der Waals surface area contributed by atoms with Gasteiger partial charge >= 0.3 is 0 Å². The molecule has 0 fully saturated rings. The molecule has 0 amide bonds. The van der Waals surface area contributed by atoms with Crippen LogP contribution in [0.15, 0.2) is 49.9 Å². The molecular formula is C16H17Br3N2. The van der Waals surface area contributed by atoms with Crippen LogP contribution in [0.5, 0.6) is 0 Å². The van der Waals surface area contributed by atoms with Crippen molar-refractivity contribution in [3.63, 3.8) is 0 Å². The second kappa shape index (κ2) is 8.42. The minimum absolute atomic E-state index is 0.251. The van der Waals surface area contributed by atoms with E-state index in [0.717, 1.165) is 38.5 Å². The summed E-state index contributed by atoms with van der Waals surface area (Å²) in [5.41, 5.74) is 2.35. The van der Waals surface area contributed by atoms with E-state index in [1.165, 1.54) is 5.56 Å². The van der Waals surface area contributed by atoms with Crippen LogP contribution in [0.4, 0.5) is 0 Å². The van der Waals surface area contributed by atoms with Gasteiger partial charge in [0.2, 0.25) is 0 Å². The van der Waals surface area contributed by atoms with Gasteiger partial charge in [-0.3, -0.25) is 4.98 Å². The fraction of sp³-hybridized carbons (Fsp3) is 0.312. The normalized spacial score (nSPS) is 12.4. The predicted molar refractivity (Wildman–Crippen MR) is 98.5 cm³/mol. The molecule has 1 unspecified atom stereocenters. The van der Waals surface area contributed by atoms with Gasteiger partial charge in [0.1, 0.15) is 0 Å². The highest BCUT2D eigenvalue weighted by molar-refractivity contribution is 9.11. The van der Waals surface area contributed by atoms with E-state index >= 15 is 0 Å². The third-order valence-corrected chi connectivity index (χ3v) is 4.83. The molecule has 2 rings (SSSR count). The maximum Gasteiger partial charge on any atom is 0.0423 e. The predicted octanol–water partition coefficient (Wildman–Crippen LogP) is 5.65. The summed E-state index contributed by atoms with van der Waals surface area (Å²) in [5.74, 6) is 0. The third-order valence-electron chi connectivity index (χ3n) is 3.18. The lowest BCUT2D eigenvalue weighted by Gasteiger charge is -2.20. The standard InChI is InChI=1S/C16H17Br3N2/c1-2-7-20-16(9-13-5-3-12(18)10-21-13)14-6-4-11(17)8-15(14)19/h3-6,8,10,16,20H,2,7,9H2,1H3. The van der Waals surface area contributed by atoms with E-state index in [-0.39, 0.29) is 6.04 Å². The maximum absolute atomic E-state index is 4.49.